The Hall–Kier alpha value is -4.12. The molecule has 5 rings (SSSR count). The number of likely N-dealkylation sites (tertiary alicyclic amines) is 1. The highest BCUT2D eigenvalue weighted by atomic mass is 19.4. The van der Waals surface area contributed by atoms with Gasteiger partial charge in [0.1, 0.15) is 11.5 Å². The summed E-state index contributed by atoms with van der Waals surface area (Å²) in [6.07, 6.45) is -1.35. The Kier molecular flexibility index (Phi) is 7.41. The fourth-order valence-electron chi connectivity index (χ4n) is 5.31. The Morgan fingerprint density at radius 1 is 1.07 bits per heavy atom. The number of halogens is 3. The molecule has 1 aliphatic heterocycles. The van der Waals surface area contributed by atoms with Gasteiger partial charge in [-0.05, 0) is 79.4 Å². The van der Waals surface area contributed by atoms with Crippen molar-refractivity contribution in [3.63, 3.8) is 0 Å². The molecule has 210 valence electrons. The van der Waals surface area contributed by atoms with Crippen molar-refractivity contribution >= 4 is 22.8 Å². The zero-order valence-corrected chi connectivity index (χ0v) is 22.6. The number of alkyl halides is 3. The van der Waals surface area contributed by atoms with Crippen molar-refractivity contribution in [2.24, 2.45) is 7.05 Å². The maximum absolute atomic E-state index is 13.1. The number of fused-ring (bicyclic) bond motifs is 1. The minimum absolute atomic E-state index is 0.00858. The van der Waals surface area contributed by atoms with Gasteiger partial charge in [0, 0.05) is 56.1 Å². The molecule has 0 unspecified atom stereocenters. The van der Waals surface area contributed by atoms with Crippen LogP contribution in [0.3, 0.4) is 0 Å². The first-order valence-corrected chi connectivity index (χ1v) is 13.0. The van der Waals surface area contributed by atoms with Gasteiger partial charge in [0.15, 0.2) is 0 Å². The zero-order valence-electron chi connectivity index (χ0n) is 22.6. The van der Waals surface area contributed by atoms with Crippen LogP contribution in [0.5, 0.6) is 5.88 Å². The Morgan fingerprint density at radius 3 is 2.42 bits per heavy atom. The van der Waals surface area contributed by atoms with E-state index in [2.05, 4.69) is 31.7 Å². The number of benzene rings is 1. The van der Waals surface area contributed by atoms with Crippen LogP contribution in [0.15, 0.2) is 54.7 Å². The van der Waals surface area contributed by atoms with E-state index in [9.17, 15) is 18.0 Å². The standard InChI is InChI=1S/C29H31F3N6O2/c1-36(2)28(39)20-6-4-18(5-7-20)19-11-14-38(15-12-19)17-21-16-24-22(10-13-34-26(24)37(21)3)23-8-9-25(33)35-27(23)40-29(30,31)32/h4-10,13,16,19H,11-12,14-15,17H2,1-3H3,(H2,33,35). The molecule has 4 heterocycles. The van der Waals surface area contributed by atoms with Crippen LogP contribution < -0.4 is 10.5 Å². The van der Waals surface area contributed by atoms with Crippen molar-refractivity contribution in [1.82, 2.24) is 24.3 Å². The topological polar surface area (TPSA) is 89.5 Å². The number of ether oxygens (including phenoxy) is 1. The van der Waals surface area contributed by atoms with Crippen molar-refractivity contribution < 1.29 is 22.7 Å². The van der Waals surface area contributed by atoms with Crippen LogP contribution in [-0.4, -0.2) is 63.8 Å². The summed E-state index contributed by atoms with van der Waals surface area (Å²) >= 11 is 0. The number of carbonyl (C=O) groups excluding carboxylic acids is 1. The van der Waals surface area contributed by atoms with Gasteiger partial charge in [0.05, 0.1) is 0 Å². The smallest absolute Gasteiger partial charge is 0.387 e. The van der Waals surface area contributed by atoms with Gasteiger partial charge in [-0.3, -0.25) is 9.69 Å². The molecule has 40 heavy (non-hydrogen) atoms. The molecule has 1 aromatic carbocycles. The van der Waals surface area contributed by atoms with E-state index in [1.165, 1.54) is 17.7 Å². The van der Waals surface area contributed by atoms with Gasteiger partial charge < -0.3 is 19.9 Å². The third-order valence-corrected chi connectivity index (χ3v) is 7.42. The number of amides is 1. The van der Waals surface area contributed by atoms with Crippen LogP contribution in [0.1, 0.15) is 40.4 Å². The van der Waals surface area contributed by atoms with Crippen molar-refractivity contribution in [3.8, 4) is 17.0 Å². The maximum Gasteiger partial charge on any atom is 0.574 e. The van der Waals surface area contributed by atoms with E-state index in [1.54, 1.807) is 31.3 Å². The minimum atomic E-state index is -4.90. The van der Waals surface area contributed by atoms with Crippen molar-refractivity contribution in [2.75, 3.05) is 32.9 Å². The van der Waals surface area contributed by atoms with Gasteiger partial charge in [0.25, 0.3) is 5.91 Å². The highest BCUT2D eigenvalue weighted by molar-refractivity contribution is 5.95. The van der Waals surface area contributed by atoms with E-state index in [0.717, 1.165) is 31.6 Å². The third-order valence-electron chi connectivity index (χ3n) is 7.42. The van der Waals surface area contributed by atoms with Gasteiger partial charge >= 0.3 is 6.36 Å². The molecule has 0 atom stereocenters. The lowest BCUT2D eigenvalue weighted by Gasteiger charge is -2.32. The lowest BCUT2D eigenvalue weighted by Crippen LogP contribution is -2.33. The molecule has 0 spiro atoms. The average molecular weight is 553 g/mol. The Balaban J connectivity index is 1.33. The molecule has 1 fully saturated rings. The summed E-state index contributed by atoms with van der Waals surface area (Å²) in [7, 11) is 5.40. The number of rotatable bonds is 6. The van der Waals surface area contributed by atoms with Crippen LogP contribution >= 0.6 is 0 Å². The number of piperidine rings is 1. The zero-order chi connectivity index (χ0) is 28.6. The highest BCUT2D eigenvalue weighted by Gasteiger charge is 2.33. The number of nitrogens with two attached hydrogens (primary N) is 1. The fraction of sp³-hybridized carbons (Fsp3) is 0.345. The predicted molar refractivity (Wildman–Crippen MR) is 147 cm³/mol. The number of nitrogens with zero attached hydrogens (tertiary/aromatic N) is 5. The van der Waals surface area contributed by atoms with E-state index in [-0.39, 0.29) is 17.3 Å². The van der Waals surface area contributed by atoms with E-state index in [1.807, 2.05) is 29.8 Å². The van der Waals surface area contributed by atoms with Crippen LogP contribution in [0.4, 0.5) is 19.0 Å². The molecule has 3 aromatic heterocycles. The first kappa shape index (κ1) is 27.4. The summed E-state index contributed by atoms with van der Waals surface area (Å²) in [6, 6.07) is 14.5. The van der Waals surface area contributed by atoms with E-state index in [4.69, 9.17) is 5.73 Å². The van der Waals surface area contributed by atoms with Gasteiger partial charge in [-0.25, -0.2) is 4.98 Å². The van der Waals surface area contributed by atoms with Crippen molar-refractivity contribution in [2.45, 2.75) is 31.7 Å². The van der Waals surface area contributed by atoms with Crippen LogP contribution in [-0.2, 0) is 13.6 Å². The molecular formula is C29H31F3N6O2. The molecule has 1 amide bonds. The van der Waals surface area contributed by atoms with Gasteiger partial charge in [-0.1, -0.05) is 12.1 Å². The number of hydrogen-bond acceptors (Lipinski definition) is 6. The summed E-state index contributed by atoms with van der Waals surface area (Å²) in [5, 5.41) is 0.709. The van der Waals surface area contributed by atoms with E-state index < -0.39 is 12.2 Å². The fourth-order valence-corrected chi connectivity index (χ4v) is 5.31. The largest absolute Gasteiger partial charge is 0.574 e. The normalized spacial score (nSPS) is 14.9. The van der Waals surface area contributed by atoms with Gasteiger partial charge in [-0.2, -0.15) is 4.98 Å². The molecule has 1 aliphatic rings. The number of aryl methyl sites for hydroxylation is 1. The van der Waals surface area contributed by atoms with Gasteiger partial charge in [0.2, 0.25) is 5.88 Å². The van der Waals surface area contributed by atoms with E-state index >= 15 is 0 Å². The first-order chi connectivity index (χ1) is 19.0. The molecule has 0 aliphatic carbocycles. The van der Waals surface area contributed by atoms with Crippen LogP contribution in [0.25, 0.3) is 22.2 Å². The molecular weight excluding hydrogens is 521 g/mol. The summed E-state index contributed by atoms with van der Waals surface area (Å²) in [6.45, 7) is 2.48. The number of nitrogen functional groups attached to an aromatic ring is 1. The molecule has 0 radical (unpaired) electrons. The lowest BCUT2D eigenvalue weighted by molar-refractivity contribution is -0.275. The number of carbonyl (C=O) groups is 1. The highest BCUT2D eigenvalue weighted by Crippen LogP contribution is 2.37. The van der Waals surface area contributed by atoms with Crippen molar-refractivity contribution in [3.05, 3.63) is 71.5 Å². The second kappa shape index (κ2) is 10.8. The number of anilines is 1. The number of aromatic nitrogens is 3. The summed E-state index contributed by atoms with van der Waals surface area (Å²) in [5.41, 5.74) is 9.95. The minimum Gasteiger partial charge on any atom is -0.387 e. The van der Waals surface area contributed by atoms with E-state index in [0.29, 0.717) is 34.6 Å². The van der Waals surface area contributed by atoms with Crippen LogP contribution in [0, 0.1) is 0 Å². The molecule has 11 heteroatoms. The summed E-state index contributed by atoms with van der Waals surface area (Å²) < 4.78 is 45.4. The first-order valence-electron chi connectivity index (χ1n) is 13.0. The average Bonchev–Trinajstić information content (AvgIpc) is 3.23. The number of pyridine rings is 2. The maximum atomic E-state index is 13.1. The monoisotopic (exact) mass is 552 g/mol. The summed E-state index contributed by atoms with van der Waals surface area (Å²) in [4.78, 5) is 24.4. The molecule has 0 bridgehead atoms. The Labute approximate surface area is 230 Å². The second-order valence-electron chi connectivity index (χ2n) is 10.3. The van der Waals surface area contributed by atoms with Gasteiger partial charge in [-0.15, -0.1) is 13.2 Å². The lowest BCUT2D eigenvalue weighted by atomic mass is 9.89. The number of hydrogen-bond donors (Lipinski definition) is 1. The third kappa shape index (κ3) is 5.74. The molecule has 2 N–H and O–H groups in total. The quantitative estimate of drug-likeness (QED) is 0.354. The Morgan fingerprint density at radius 2 is 1.77 bits per heavy atom. The second-order valence-corrected chi connectivity index (χ2v) is 10.3. The molecule has 1 saturated heterocycles. The molecule has 4 aromatic rings. The van der Waals surface area contributed by atoms with Crippen molar-refractivity contribution in [1.29, 1.82) is 0 Å². The van der Waals surface area contributed by atoms with Crippen LogP contribution in [0.2, 0.25) is 0 Å². The Bertz CT molecular complexity index is 1520. The molecule has 0 saturated carbocycles. The summed E-state index contributed by atoms with van der Waals surface area (Å²) in [5.74, 6) is -0.244. The molecule has 8 nitrogen and oxygen atoms in total. The SMILES string of the molecule is CN(C)C(=O)c1ccc(C2CCN(Cc3cc4c(-c5ccc(N)nc5OC(F)(F)F)ccnc4n3C)CC2)cc1. The predicted octanol–water partition coefficient (Wildman–Crippen LogP) is 5.20.